The maximum Gasteiger partial charge on any atom is 0.305 e. The van der Waals surface area contributed by atoms with Crippen molar-refractivity contribution in [3.63, 3.8) is 0 Å². The Hall–Kier alpha value is -0.850. The second kappa shape index (κ2) is 41.2. The molecule has 0 aliphatic carbocycles. The molecule has 0 radical (unpaired) electrons. The van der Waals surface area contributed by atoms with Crippen LogP contribution >= 0.6 is 0 Å². The third-order valence-electron chi connectivity index (χ3n) is 6.97. The topological polar surface area (TPSA) is 100 Å². The predicted octanol–water partition coefficient (Wildman–Crippen LogP) is 6.55. The van der Waals surface area contributed by atoms with Gasteiger partial charge in [0.2, 0.25) is 0 Å². The zero-order valence-corrected chi connectivity index (χ0v) is 29.2. The van der Waals surface area contributed by atoms with Gasteiger partial charge in [-0.2, -0.15) is 0 Å². The van der Waals surface area contributed by atoms with E-state index >= 15 is 0 Å². The highest BCUT2D eigenvalue weighted by Gasteiger charge is 2.03. The van der Waals surface area contributed by atoms with Gasteiger partial charge in [0.1, 0.15) is 6.61 Å². The molecule has 0 fully saturated rings. The molecule has 0 aromatic heterocycles. The largest absolute Gasteiger partial charge is 0.463 e. The molecular weight excluding hydrogens is 580 g/mol. The van der Waals surface area contributed by atoms with Crippen LogP contribution in [-0.4, -0.2) is 118 Å². The third-order valence-corrected chi connectivity index (χ3v) is 6.97. The molecule has 0 saturated carbocycles. The van der Waals surface area contributed by atoms with Gasteiger partial charge in [-0.15, -0.1) is 0 Å². The molecule has 0 aromatic rings. The fraction of sp³-hybridized carbons (Fsp3) is 0.971. The summed E-state index contributed by atoms with van der Waals surface area (Å²) < 4.78 is 49.2. The molecule has 0 bridgehead atoms. The molecule has 0 aliphatic heterocycles. The lowest BCUT2D eigenvalue weighted by Crippen LogP contribution is -2.15. The number of unbranched alkanes of at least 4 members (excludes halogenated alkanes) is 12. The standard InChI is InChI=1S/C35H70O10/c1-3-5-7-9-10-11-12-13-15-17-35(36)45-34-33-44-32-31-43-30-29-42-28-27-41-26-25-40-24-23-39-22-21-38-20-19-37-18-16-14-8-6-4-2/h3-34H2,1-2H3. The lowest BCUT2D eigenvalue weighted by Gasteiger charge is -2.09. The van der Waals surface area contributed by atoms with Crippen LogP contribution in [-0.2, 0) is 47.4 Å². The number of ether oxygens (including phenoxy) is 9. The number of rotatable bonds is 40. The highest BCUT2D eigenvalue weighted by molar-refractivity contribution is 5.69. The van der Waals surface area contributed by atoms with Crippen LogP contribution in [0.1, 0.15) is 110 Å². The van der Waals surface area contributed by atoms with E-state index in [2.05, 4.69) is 13.8 Å². The smallest absolute Gasteiger partial charge is 0.305 e. The second-order valence-electron chi connectivity index (χ2n) is 11.1. The Bertz CT molecular complexity index is 553. The summed E-state index contributed by atoms with van der Waals surface area (Å²) in [5.74, 6) is -0.131. The lowest BCUT2D eigenvalue weighted by atomic mass is 10.1. The summed E-state index contributed by atoms with van der Waals surface area (Å²) >= 11 is 0. The van der Waals surface area contributed by atoms with Crippen LogP contribution in [0.2, 0.25) is 0 Å². The van der Waals surface area contributed by atoms with Crippen LogP contribution < -0.4 is 0 Å². The summed E-state index contributed by atoms with van der Waals surface area (Å²) in [6.45, 7) is 13.5. The molecule has 0 rings (SSSR count). The molecule has 0 heterocycles. The van der Waals surface area contributed by atoms with Crippen molar-refractivity contribution in [3.05, 3.63) is 0 Å². The lowest BCUT2D eigenvalue weighted by molar-refractivity contribution is -0.145. The quantitative estimate of drug-likeness (QED) is 0.0536. The Kier molecular flexibility index (Phi) is 40.4. The van der Waals surface area contributed by atoms with Gasteiger partial charge in [-0.3, -0.25) is 4.79 Å². The molecule has 0 spiro atoms. The first-order valence-corrected chi connectivity index (χ1v) is 18.1. The average Bonchev–Trinajstić information content (AvgIpc) is 3.05. The van der Waals surface area contributed by atoms with E-state index in [1.807, 2.05) is 0 Å². The average molecular weight is 651 g/mol. The van der Waals surface area contributed by atoms with Gasteiger partial charge in [-0.1, -0.05) is 90.9 Å². The van der Waals surface area contributed by atoms with E-state index in [-0.39, 0.29) is 5.97 Å². The zero-order valence-electron chi connectivity index (χ0n) is 29.2. The van der Waals surface area contributed by atoms with Crippen molar-refractivity contribution in [1.82, 2.24) is 0 Å². The number of esters is 1. The van der Waals surface area contributed by atoms with Gasteiger partial charge < -0.3 is 42.6 Å². The summed E-state index contributed by atoms with van der Waals surface area (Å²) in [4.78, 5) is 11.8. The summed E-state index contributed by atoms with van der Waals surface area (Å²) in [5, 5.41) is 0. The first kappa shape index (κ1) is 44.1. The van der Waals surface area contributed by atoms with Crippen molar-refractivity contribution in [2.24, 2.45) is 0 Å². The van der Waals surface area contributed by atoms with Crippen LogP contribution in [0.5, 0.6) is 0 Å². The molecule has 10 heteroatoms. The molecule has 0 N–H and O–H groups in total. The van der Waals surface area contributed by atoms with Gasteiger partial charge in [-0.05, 0) is 12.8 Å². The van der Waals surface area contributed by atoms with Gasteiger partial charge in [0.15, 0.2) is 0 Å². The van der Waals surface area contributed by atoms with Crippen molar-refractivity contribution in [2.45, 2.75) is 110 Å². The highest BCUT2D eigenvalue weighted by atomic mass is 16.6. The van der Waals surface area contributed by atoms with Crippen molar-refractivity contribution >= 4 is 5.97 Å². The van der Waals surface area contributed by atoms with Crippen LogP contribution in [0, 0.1) is 0 Å². The van der Waals surface area contributed by atoms with E-state index in [1.54, 1.807) is 0 Å². The number of hydrogen-bond acceptors (Lipinski definition) is 10. The third kappa shape index (κ3) is 41.1. The van der Waals surface area contributed by atoms with Crippen LogP contribution in [0.15, 0.2) is 0 Å². The number of carbonyl (C=O) groups excluding carboxylic acids is 1. The van der Waals surface area contributed by atoms with E-state index in [1.165, 1.54) is 70.6 Å². The van der Waals surface area contributed by atoms with Gasteiger partial charge >= 0.3 is 5.97 Å². The van der Waals surface area contributed by atoms with Gasteiger partial charge in [0, 0.05) is 13.0 Å². The van der Waals surface area contributed by atoms with Gasteiger partial charge in [0.05, 0.1) is 99.1 Å². The minimum Gasteiger partial charge on any atom is -0.463 e. The molecule has 0 amide bonds. The minimum absolute atomic E-state index is 0.131. The Labute approximate surface area is 275 Å². The van der Waals surface area contributed by atoms with E-state index in [0.29, 0.717) is 112 Å². The molecular formula is C35H70O10. The van der Waals surface area contributed by atoms with Gasteiger partial charge in [0.25, 0.3) is 0 Å². The molecule has 0 aromatic carbocycles. The Morgan fingerprint density at radius 2 is 0.578 bits per heavy atom. The number of hydrogen-bond donors (Lipinski definition) is 0. The molecule has 0 unspecified atom stereocenters. The Morgan fingerprint density at radius 3 is 0.933 bits per heavy atom. The summed E-state index contributed by atoms with van der Waals surface area (Å²) in [6.07, 6.45) is 17.9. The fourth-order valence-electron chi connectivity index (χ4n) is 4.32. The number of carbonyl (C=O) groups is 1. The molecule has 0 atom stereocenters. The molecule has 45 heavy (non-hydrogen) atoms. The molecule has 10 nitrogen and oxygen atoms in total. The van der Waals surface area contributed by atoms with Crippen molar-refractivity contribution in [2.75, 3.05) is 112 Å². The summed E-state index contributed by atoms with van der Waals surface area (Å²) in [5.41, 5.74) is 0. The molecule has 0 saturated heterocycles. The second-order valence-corrected chi connectivity index (χ2v) is 11.1. The maximum atomic E-state index is 11.8. The Morgan fingerprint density at radius 1 is 0.311 bits per heavy atom. The van der Waals surface area contributed by atoms with Crippen molar-refractivity contribution < 1.29 is 47.4 Å². The van der Waals surface area contributed by atoms with E-state index in [0.717, 1.165) is 25.9 Å². The van der Waals surface area contributed by atoms with Crippen LogP contribution in [0.25, 0.3) is 0 Å². The minimum atomic E-state index is -0.131. The van der Waals surface area contributed by atoms with E-state index in [9.17, 15) is 4.79 Å². The maximum absolute atomic E-state index is 11.8. The Balaban J connectivity index is 3.10. The fourth-order valence-corrected chi connectivity index (χ4v) is 4.32. The normalized spacial score (nSPS) is 11.4. The first-order valence-electron chi connectivity index (χ1n) is 18.1. The van der Waals surface area contributed by atoms with E-state index in [4.69, 9.17) is 42.6 Å². The molecule has 270 valence electrons. The molecule has 0 aliphatic rings. The van der Waals surface area contributed by atoms with Crippen LogP contribution in [0.4, 0.5) is 0 Å². The zero-order chi connectivity index (χ0) is 32.6. The van der Waals surface area contributed by atoms with Crippen LogP contribution in [0.3, 0.4) is 0 Å². The summed E-state index contributed by atoms with van der Waals surface area (Å²) in [6, 6.07) is 0. The van der Waals surface area contributed by atoms with Crippen molar-refractivity contribution in [3.8, 4) is 0 Å². The predicted molar refractivity (Wildman–Crippen MR) is 178 cm³/mol. The van der Waals surface area contributed by atoms with E-state index < -0.39 is 0 Å². The highest BCUT2D eigenvalue weighted by Crippen LogP contribution is 2.10. The first-order chi connectivity index (χ1) is 22.3. The monoisotopic (exact) mass is 650 g/mol. The SMILES string of the molecule is CCCCCCCCCCCC(=O)OCCOCCOCCOCCOCCOCCOCCOCCOCCCCCCC. The summed E-state index contributed by atoms with van der Waals surface area (Å²) in [7, 11) is 0. The van der Waals surface area contributed by atoms with Gasteiger partial charge in [-0.25, -0.2) is 0 Å². The van der Waals surface area contributed by atoms with Crippen molar-refractivity contribution in [1.29, 1.82) is 0 Å².